The van der Waals surface area contributed by atoms with Crippen LogP contribution in [-0.2, 0) is 0 Å². The molecule has 1 aliphatic heterocycles. The molecule has 0 aliphatic carbocycles. The van der Waals surface area contributed by atoms with Gasteiger partial charge in [0.2, 0.25) is 0 Å². The summed E-state index contributed by atoms with van der Waals surface area (Å²) in [4.78, 5) is 2.46. The Morgan fingerprint density at radius 2 is 1.56 bits per heavy atom. The molecule has 0 bridgehead atoms. The van der Waals surface area contributed by atoms with Gasteiger partial charge in [-0.2, -0.15) is 0 Å². The first kappa shape index (κ1) is 7.29. The summed E-state index contributed by atoms with van der Waals surface area (Å²) in [6, 6.07) is 0. The molecule has 0 atom stereocenters. The molecule has 0 unspecified atom stereocenters. The lowest BCUT2D eigenvalue weighted by Crippen LogP contribution is -2.25. The number of hydrogen-bond donors (Lipinski definition) is 0. The molecule has 0 amide bonds. The van der Waals surface area contributed by atoms with Crippen LogP contribution in [0.15, 0.2) is 0 Å². The summed E-state index contributed by atoms with van der Waals surface area (Å²) in [5.74, 6) is 0. The van der Waals surface area contributed by atoms with E-state index < -0.39 is 0 Å². The van der Waals surface area contributed by atoms with Crippen LogP contribution in [0.4, 0.5) is 0 Å². The molecule has 51 valence electrons. The number of nitrogens with zero attached hydrogens (tertiary/aromatic N) is 1. The Balaban J connectivity index is 2.18. The lowest BCUT2D eigenvalue weighted by molar-refractivity contribution is 0.332. The maximum Gasteiger partial charge on any atom is 0.0432 e. The van der Waals surface area contributed by atoms with E-state index >= 15 is 0 Å². The minimum atomic E-state index is 1.06. The summed E-state index contributed by atoms with van der Waals surface area (Å²) in [7, 11) is 3.52. The van der Waals surface area contributed by atoms with E-state index in [0.29, 0.717) is 0 Å². The monoisotopic (exact) mass is 140 g/mol. The van der Waals surface area contributed by atoms with Gasteiger partial charge < -0.3 is 4.90 Å². The third-order valence-corrected chi connectivity index (χ3v) is 2.37. The second-order valence-corrected chi connectivity index (χ2v) is 3.01. The smallest absolute Gasteiger partial charge is 0.0432 e. The molecule has 2 heteroatoms. The summed E-state index contributed by atoms with van der Waals surface area (Å²) >= 11 is 0. The van der Waals surface area contributed by atoms with Crippen LogP contribution in [0.3, 0.4) is 0 Å². The lowest BCUT2D eigenvalue weighted by Gasteiger charge is -2.15. The zero-order valence-electron chi connectivity index (χ0n) is 5.90. The van der Waals surface area contributed by atoms with E-state index in [1.807, 2.05) is 0 Å². The fourth-order valence-corrected chi connectivity index (χ4v) is 1.61. The molecule has 0 N–H and O–H groups in total. The third kappa shape index (κ3) is 2.50. The van der Waals surface area contributed by atoms with Crippen molar-refractivity contribution in [2.75, 3.05) is 19.3 Å². The quantitative estimate of drug-likeness (QED) is 0.491. The summed E-state index contributed by atoms with van der Waals surface area (Å²) in [5, 5.41) is 0. The van der Waals surface area contributed by atoms with Gasteiger partial charge in [-0.1, -0.05) is 12.8 Å². The van der Waals surface area contributed by atoms with E-state index in [1.165, 1.54) is 38.8 Å². The minimum absolute atomic E-state index is 1.06. The zero-order valence-corrected chi connectivity index (χ0v) is 6.90. The predicted octanol–water partition coefficient (Wildman–Crippen LogP) is 0.988. The van der Waals surface area contributed by atoms with Crippen LogP contribution in [0.5, 0.6) is 0 Å². The van der Waals surface area contributed by atoms with Crippen molar-refractivity contribution in [3.8, 4) is 0 Å². The van der Waals surface area contributed by atoms with Gasteiger partial charge in [-0.25, -0.2) is 0 Å². The van der Waals surface area contributed by atoms with Crippen molar-refractivity contribution in [2.45, 2.75) is 25.7 Å². The van der Waals surface area contributed by atoms with Gasteiger partial charge >= 0.3 is 0 Å². The van der Waals surface area contributed by atoms with Crippen molar-refractivity contribution < 1.29 is 0 Å². The summed E-state index contributed by atoms with van der Waals surface area (Å²) < 4.78 is 0. The molecule has 1 fully saturated rings. The maximum absolute atomic E-state index is 3.52. The van der Waals surface area contributed by atoms with Crippen LogP contribution in [0.1, 0.15) is 25.7 Å². The van der Waals surface area contributed by atoms with Gasteiger partial charge in [-0.05, 0) is 32.1 Å². The number of likely N-dealkylation sites (tertiary alicyclic amines) is 1. The minimum Gasteiger partial charge on any atom is -0.307 e. The fraction of sp³-hybridized carbons (Fsp3) is 1.00. The van der Waals surface area contributed by atoms with Crippen LogP contribution < -0.4 is 0 Å². The predicted molar refractivity (Wildman–Crippen MR) is 40.7 cm³/mol. The van der Waals surface area contributed by atoms with E-state index in [0.717, 1.165) is 6.17 Å². The van der Waals surface area contributed by atoms with E-state index in [1.54, 1.807) is 0 Å². The van der Waals surface area contributed by atoms with Gasteiger partial charge in [0.05, 0.1) is 0 Å². The van der Waals surface area contributed by atoms with Crippen LogP contribution in [0.2, 0.25) is 0 Å². The Bertz CT molecular complexity index is 67.3. The first-order valence-electron chi connectivity index (χ1n) is 3.80. The second kappa shape index (κ2) is 4.07. The van der Waals surface area contributed by atoms with Crippen LogP contribution in [-0.4, -0.2) is 34.4 Å². The highest BCUT2D eigenvalue weighted by Crippen LogP contribution is 2.07. The molecule has 0 aromatic carbocycles. The summed E-state index contributed by atoms with van der Waals surface area (Å²) in [6.45, 7) is 2.59. The van der Waals surface area contributed by atoms with Crippen LogP contribution in [0, 0.1) is 0 Å². The van der Waals surface area contributed by atoms with E-state index in [4.69, 9.17) is 0 Å². The highest BCUT2D eigenvalue weighted by molar-refractivity contribution is 6.08. The molecule has 0 spiro atoms. The molecular weight excluding hydrogens is 126 g/mol. The molecule has 1 rings (SSSR count). The Morgan fingerprint density at radius 1 is 1.00 bits per heavy atom. The first-order valence-corrected chi connectivity index (χ1v) is 4.51. The molecule has 1 aliphatic rings. The zero-order chi connectivity index (χ0) is 6.53. The molecule has 0 saturated carbocycles. The molecule has 1 heterocycles. The summed E-state index contributed by atoms with van der Waals surface area (Å²) in [5.41, 5.74) is 0. The topological polar surface area (TPSA) is 3.24 Å². The molecule has 3 radical (unpaired) electrons. The largest absolute Gasteiger partial charge is 0.307 e. The standard InChI is InChI=1S/C7H14NSi/c9-7-8-5-3-1-2-4-6-8/h1-7H2. The van der Waals surface area contributed by atoms with Crippen molar-refractivity contribution in [3.63, 3.8) is 0 Å². The lowest BCUT2D eigenvalue weighted by atomic mass is 10.2. The second-order valence-electron chi connectivity index (χ2n) is 2.69. The van der Waals surface area contributed by atoms with Crippen LogP contribution in [0.25, 0.3) is 0 Å². The van der Waals surface area contributed by atoms with Crippen molar-refractivity contribution in [1.29, 1.82) is 0 Å². The van der Waals surface area contributed by atoms with Crippen molar-refractivity contribution in [2.24, 2.45) is 0 Å². The molecular formula is C7H14NSi. The maximum atomic E-state index is 3.52. The van der Waals surface area contributed by atoms with Gasteiger partial charge in [-0.3, -0.25) is 0 Å². The Hall–Kier alpha value is 0.177. The molecule has 0 aromatic rings. The van der Waals surface area contributed by atoms with Crippen molar-refractivity contribution in [1.82, 2.24) is 4.90 Å². The Kier molecular flexibility index (Phi) is 3.29. The van der Waals surface area contributed by atoms with Gasteiger partial charge in [0.25, 0.3) is 0 Å². The fourth-order valence-electron chi connectivity index (χ4n) is 1.29. The normalized spacial score (nSPS) is 23.7. The Labute approximate surface area is 60.9 Å². The number of rotatable bonds is 1. The molecule has 1 saturated heterocycles. The van der Waals surface area contributed by atoms with Crippen molar-refractivity contribution in [3.05, 3.63) is 0 Å². The third-order valence-electron chi connectivity index (χ3n) is 1.92. The highest BCUT2D eigenvalue weighted by Gasteiger charge is 2.04. The SMILES string of the molecule is [Si]CN1CCCCCC1. The number of hydrogen-bond acceptors (Lipinski definition) is 1. The Morgan fingerprint density at radius 3 is 2.00 bits per heavy atom. The van der Waals surface area contributed by atoms with Gasteiger partial charge in [0.15, 0.2) is 0 Å². The van der Waals surface area contributed by atoms with Crippen molar-refractivity contribution >= 4 is 10.2 Å². The average molecular weight is 140 g/mol. The molecule has 1 nitrogen and oxygen atoms in total. The van der Waals surface area contributed by atoms with Crippen LogP contribution >= 0.6 is 0 Å². The highest BCUT2D eigenvalue weighted by atomic mass is 28.1. The first-order chi connectivity index (χ1) is 4.43. The molecule has 9 heavy (non-hydrogen) atoms. The molecule has 0 aromatic heterocycles. The van der Waals surface area contributed by atoms with E-state index in [-0.39, 0.29) is 0 Å². The summed E-state index contributed by atoms with van der Waals surface area (Å²) in [6.07, 6.45) is 6.71. The van der Waals surface area contributed by atoms with E-state index in [2.05, 4.69) is 15.1 Å². The van der Waals surface area contributed by atoms with Gasteiger partial charge in [0.1, 0.15) is 0 Å². The van der Waals surface area contributed by atoms with Gasteiger partial charge in [-0.15, -0.1) is 0 Å². The van der Waals surface area contributed by atoms with E-state index in [9.17, 15) is 0 Å². The average Bonchev–Trinajstić information content (AvgIpc) is 2.13. The van der Waals surface area contributed by atoms with Gasteiger partial charge in [0, 0.05) is 10.2 Å².